The highest BCUT2D eigenvalue weighted by atomic mass is 16.6. The summed E-state index contributed by atoms with van der Waals surface area (Å²) in [5.74, 6) is 2.73. The fourth-order valence-corrected chi connectivity index (χ4v) is 8.49. The Morgan fingerprint density at radius 2 is 1.67 bits per heavy atom. The van der Waals surface area contributed by atoms with Crippen LogP contribution in [0.5, 0.6) is 11.5 Å². The van der Waals surface area contributed by atoms with Crippen molar-refractivity contribution < 1.29 is 29.0 Å². The first-order valence-electron chi connectivity index (χ1n) is 19.7. The van der Waals surface area contributed by atoms with Crippen molar-refractivity contribution in [3.8, 4) is 35.1 Å². The summed E-state index contributed by atoms with van der Waals surface area (Å²) in [5, 5.41) is 9.85. The predicted octanol–water partition coefficient (Wildman–Crippen LogP) is 6.72. The number of carbonyl (C=O) groups is 3. The maximum Gasteiger partial charge on any atom is 0.415 e. The van der Waals surface area contributed by atoms with Crippen LogP contribution in [0.25, 0.3) is 11.3 Å². The molecule has 58 heavy (non-hydrogen) atoms. The molecule has 5 aromatic rings. The van der Waals surface area contributed by atoms with E-state index in [4.69, 9.17) is 15.9 Å². The Kier molecular flexibility index (Phi) is 10.8. The van der Waals surface area contributed by atoms with Gasteiger partial charge in [0, 0.05) is 80.4 Å². The number of hydrogen-bond acceptors (Lipinski definition) is 7. The van der Waals surface area contributed by atoms with Gasteiger partial charge in [0.2, 0.25) is 0 Å². The Hall–Kier alpha value is -6.35. The second kappa shape index (κ2) is 16.3. The monoisotopic (exact) mass is 777 g/mol. The van der Waals surface area contributed by atoms with Crippen molar-refractivity contribution in [2.45, 2.75) is 45.8 Å². The van der Waals surface area contributed by atoms with Crippen LogP contribution in [-0.4, -0.2) is 95.2 Å². The van der Waals surface area contributed by atoms with Crippen molar-refractivity contribution in [3.05, 3.63) is 135 Å². The van der Waals surface area contributed by atoms with Crippen molar-refractivity contribution >= 4 is 23.6 Å². The van der Waals surface area contributed by atoms with Crippen LogP contribution >= 0.6 is 0 Å². The molecular formula is C47H47N5O6. The number of aromatic hydroxyl groups is 1. The molecule has 0 spiro atoms. The first-order valence-corrected chi connectivity index (χ1v) is 19.7. The van der Waals surface area contributed by atoms with E-state index in [0.29, 0.717) is 84.3 Å². The van der Waals surface area contributed by atoms with Crippen molar-refractivity contribution in [2.24, 2.45) is 0 Å². The number of aromatic amines is 1. The molecule has 0 radical (unpaired) electrons. The van der Waals surface area contributed by atoms with Crippen molar-refractivity contribution in [1.29, 1.82) is 0 Å². The summed E-state index contributed by atoms with van der Waals surface area (Å²) in [6.07, 6.45) is 6.35. The van der Waals surface area contributed by atoms with E-state index < -0.39 is 6.09 Å². The minimum atomic E-state index is -0.494. The van der Waals surface area contributed by atoms with Gasteiger partial charge in [-0.2, -0.15) is 0 Å². The zero-order chi connectivity index (χ0) is 40.5. The smallest absolute Gasteiger partial charge is 0.415 e. The number of phenols is 1. The number of morpholine rings is 1. The quantitative estimate of drug-likeness (QED) is 0.176. The van der Waals surface area contributed by atoms with Gasteiger partial charge in [-0.25, -0.2) is 4.79 Å². The van der Waals surface area contributed by atoms with Crippen LogP contribution in [0.3, 0.4) is 0 Å². The SMILES string of the molecule is C#Cc1cccc(OC(=O)N2CCc3cc(-c4[nH]c(C)c(C(=O)N(C)c5ccc(O)cc5)c4C)c(C(=O)N4Cc5ccccc5C[C@H]4CN4CCOCC4)cc3C2)c1. The number of rotatable bonds is 7. The van der Waals surface area contributed by atoms with E-state index in [1.165, 1.54) is 5.56 Å². The standard InChI is InChI=1S/C47H47N5O6/c1-5-32-9-8-12-40(23-32)58-47(56)51-18-17-34-25-41(44-30(2)43(31(3)48-44)46(55)49(4)37-13-15-39(53)16-14-37)42(26-36(34)27-51)45(54)52-28-35-11-7-6-10-33(35)24-38(52)29-50-19-21-57-22-20-50/h1,6-16,23,25-26,38,48,53H,17-22,24,27-29H2,2-4H3/t38-/m0/s1. The number of carbonyl (C=O) groups excluding carboxylic acids is 3. The molecule has 3 amide bonds. The summed E-state index contributed by atoms with van der Waals surface area (Å²) in [7, 11) is 1.71. The number of fused-ring (bicyclic) bond motifs is 2. The van der Waals surface area contributed by atoms with Crippen molar-refractivity contribution in [3.63, 3.8) is 0 Å². The third-order valence-corrected chi connectivity index (χ3v) is 11.7. The average Bonchev–Trinajstić information content (AvgIpc) is 3.55. The zero-order valence-electron chi connectivity index (χ0n) is 33.1. The van der Waals surface area contributed by atoms with E-state index in [1.807, 2.05) is 30.9 Å². The van der Waals surface area contributed by atoms with Gasteiger partial charge in [0.05, 0.1) is 24.5 Å². The second-order valence-electron chi connectivity index (χ2n) is 15.4. The molecule has 0 bridgehead atoms. The lowest BCUT2D eigenvalue weighted by Gasteiger charge is -2.41. The van der Waals surface area contributed by atoms with Gasteiger partial charge in [-0.15, -0.1) is 6.42 Å². The molecule has 296 valence electrons. The third kappa shape index (κ3) is 7.69. The van der Waals surface area contributed by atoms with E-state index in [-0.39, 0.29) is 30.2 Å². The van der Waals surface area contributed by atoms with Crippen molar-refractivity contribution in [2.75, 3.05) is 51.3 Å². The number of ether oxygens (including phenoxy) is 2. The molecule has 1 aromatic heterocycles. The topological polar surface area (TPSA) is 119 Å². The van der Waals surface area contributed by atoms with E-state index in [2.05, 4.69) is 40.1 Å². The number of anilines is 1. The number of aryl methyl sites for hydroxylation is 1. The molecule has 3 aliphatic heterocycles. The number of phenolic OH excluding ortho intramolecular Hbond substituents is 1. The number of amides is 3. The van der Waals surface area contributed by atoms with Crippen LogP contribution < -0.4 is 9.64 Å². The van der Waals surface area contributed by atoms with Gasteiger partial charge in [-0.3, -0.25) is 14.5 Å². The lowest BCUT2D eigenvalue weighted by molar-refractivity contribution is 0.0193. The van der Waals surface area contributed by atoms with Gasteiger partial charge >= 0.3 is 6.09 Å². The molecule has 11 heteroatoms. The van der Waals surface area contributed by atoms with Gasteiger partial charge in [0.25, 0.3) is 11.8 Å². The summed E-state index contributed by atoms with van der Waals surface area (Å²) in [6, 6.07) is 25.6. The Morgan fingerprint density at radius 1 is 0.914 bits per heavy atom. The van der Waals surface area contributed by atoms with Crippen LogP contribution in [0.15, 0.2) is 84.9 Å². The highest BCUT2D eigenvalue weighted by molar-refractivity contribution is 6.09. The summed E-state index contributed by atoms with van der Waals surface area (Å²) >= 11 is 0. The van der Waals surface area contributed by atoms with Crippen molar-refractivity contribution in [1.82, 2.24) is 19.7 Å². The summed E-state index contributed by atoms with van der Waals surface area (Å²) in [5.41, 5.74) is 9.32. The van der Waals surface area contributed by atoms with Gasteiger partial charge in [-0.05, 0) is 109 Å². The molecule has 4 aromatic carbocycles. The lowest BCUT2D eigenvalue weighted by Crippen LogP contribution is -2.52. The van der Waals surface area contributed by atoms with E-state index in [1.54, 1.807) is 65.4 Å². The normalized spacial score (nSPS) is 16.6. The fraction of sp³-hybridized carbons (Fsp3) is 0.298. The molecule has 3 aliphatic rings. The number of benzene rings is 4. The molecular weight excluding hydrogens is 731 g/mol. The van der Waals surface area contributed by atoms with Crippen LogP contribution in [0.2, 0.25) is 0 Å². The van der Waals surface area contributed by atoms with Gasteiger partial charge in [-0.1, -0.05) is 36.3 Å². The Balaban J connectivity index is 1.18. The minimum absolute atomic E-state index is 0.0859. The highest BCUT2D eigenvalue weighted by Gasteiger charge is 2.35. The lowest BCUT2D eigenvalue weighted by atomic mass is 9.88. The molecule has 1 saturated heterocycles. The van der Waals surface area contributed by atoms with Gasteiger partial charge in [0.1, 0.15) is 11.5 Å². The minimum Gasteiger partial charge on any atom is -0.508 e. The van der Waals surface area contributed by atoms with Crippen LogP contribution in [0.4, 0.5) is 10.5 Å². The van der Waals surface area contributed by atoms with E-state index in [0.717, 1.165) is 41.8 Å². The van der Waals surface area contributed by atoms with E-state index >= 15 is 4.79 Å². The maximum absolute atomic E-state index is 15.4. The zero-order valence-corrected chi connectivity index (χ0v) is 33.1. The second-order valence-corrected chi connectivity index (χ2v) is 15.4. The average molecular weight is 778 g/mol. The first-order chi connectivity index (χ1) is 28.1. The molecule has 11 nitrogen and oxygen atoms in total. The van der Waals surface area contributed by atoms with Crippen LogP contribution in [0, 0.1) is 26.2 Å². The maximum atomic E-state index is 15.4. The highest BCUT2D eigenvalue weighted by Crippen LogP contribution is 2.37. The summed E-state index contributed by atoms with van der Waals surface area (Å²) in [4.78, 5) is 54.1. The number of nitrogens with zero attached hydrogens (tertiary/aromatic N) is 4. The molecule has 0 aliphatic carbocycles. The molecule has 1 fully saturated rings. The van der Waals surface area contributed by atoms with Crippen LogP contribution in [0.1, 0.15) is 59.8 Å². The molecule has 0 saturated carbocycles. The predicted molar refractivity (Wildman–Crippen MR) is 222 cm³/mol. The molecule has 2 N–H and O–H groups in total. The number of terminal acetylenes is 1. The molecule has 4 heterocycles. The third-order valence-electron chi connectivity index (χ3n) is 11.7. The largest absolute Gasteiger partial charge is 0.508 e. The first kappa shape index (κ1) is 38.5. The van der Waals surface area contributed by atoms with E-state index in [9.17, 15) is 14.7 Å². The summed E-state index contributed by atoms with van der Waals surface area (Å²) in [6.45, 7) is 8.57. The Labute approximate surface area is 338 Å². The molecule has 8 rings (SSSR count). The van der Waals surface area contributed by atoms with Gasteiger partial charge < -0.3 is 34.3 Å². The van der Waals surface area contributed by atoms with Crippen LogP contribution in [-0.2, 0) is 30.7 Å². The number of nitrogens with one attached hydrogen (secondary N) is 1. The Morgan fingerprint density at radius 3 is 2.43 bits per heavy atom. The fourth-order valence-electron chi connectivity index (χ4n) is 8.49. The number of hydrogen-bond donors (Lipinski definition) is 2. The number of H-pyrrole nitrogens is 1. The number of aromatic nitrogens is 1. The summed E-state index contributed by atoms with van der Waals surface area (Å²) < 4.78 is 11.4. The molecule has 0 unspecified atom stereocenters. The Bertz CT molecular complexity index is 2430. The molecule has 1 atom stereocenters. The van der Waals surface area contributed by atoms with Gasteiger partial charge in [0.15, 0.2) is 0 Å².